The molecule has 0 saturated carbocycles. The Kier molecular flexibility index (Phi) is 4.78. The molecule has 0 aliphatic carbocycles. The fourth-order valence-corrected chi connectivity index (χ4v) is 5.63. The van der Waals surface area contributed by atoms with Gasteiger partial charge in [-0.3, -0.25) is 0 Å². The lowest BCUT2D eigenvalue weighted by Gasteiger charge is -2.11. The Morgan fingerprint density at radius 3 is 1.61 bits per heavy atom. The van der Waals surface area contributed by atoms with E-state index >= 15 is 0 Å². The van der Waals surface area contributed by atoms with Gasteiger partial charge in [-0.05, 0) is 57.6 Å². The first kappa shape index (κ1) is 19.2. The van der Waals surface area contributed by atoms with E-state index in [1.165, 1.54) is 0 Å². The van der Waals surface area contributed by atoms with E-state index < -0.39 is 77.6 Å². The molecule has 230 valence electrons. The van der Waals surface area contributed by atoms with Crippen LogP contribution in [0.15, 0.2) is 180 Å². The second kappa shape index (κ2) is 12.2. The highest BCUT2D eigenvalue weighted by atomic mass is 16.3. The lowest BCUT2D eigenvalue weighted by Crippen LogP contribution is -2.00. The summed E-state index contributed by atoms with van der Waals surface area (Å²) in [5.41, 5.74) is 3.24. The van der Waals surface area contributed by atoms with Crippen LogP contribution >= 0.6 is 0 Å². The molecule has 0 saturated heterocycles. The van der Waals surface area contributed by atoms with Crippen molar-refractivity contribution >= 4 is 21.9 Å². The molecule has 0 spiro atoms. The van der Waals surface area contributed by atoms with Crippen molar-refractivity contribution in [2.45, 2.75) is 0 Å². The molecule has 0 bridgehead atoms. The first-order valence-electron chi connectivity index (χ1n) is 21.0. The number of aromatic nitrogens is 3. The van der Waals surface area contributed by atoms with Gasteiger partial charge >= 0.3 is 0 Å². The highest BCUT2D eigenvalue weighted by Gasteiger charge is 2.14. The third-order valence-corrected chi connectivity index (χ3v) is 8.10. The van der Waals surface area contributed by atoms with Gasteiger partial charge < -0.3 is 4.42 Å². The van der Waals surface area contributed by atoms with E-state index in [9.17, 15) is 5.48 Å². The SMILES string of the molecule is [2H]c1c([2H])c(-c2c([2H])c([2H])c3c(oc4c([2H])c([2H])c([2H])c([2H])c43)c2[2H])c([2H])c([2H])c1-c1nc(-c2ccc(-c3ccccc3)cc2)nc(-c2cccc(-c3ccccc3)c2)n1. The van der Waals surface area contributed by atoms with Gasteiger partial charge in [-0.2, -0.15) is 0 Å². The summed E-state index contributed by atoms with van der Waals surface area (Å²) in [6, 6.07) is 28.3. The van der Waals surface area contributed by atoms with Gasteiger partial charge in [0.25, 0.3) is 0 Å². The summed E-state index contributed by atoms with van der Waals surface area (Å²) in [6.07, 6.45) is 0. The molecule has 0 radical (unpaired) electrons. The second-order valence-corrected chi connectivity index (χ2v) is 11.2. The average Bonchev–Trinajstić information content (AvgIpc) is 3.70. The molecule has 4 nitrogen and oxygen atoms in total. The maximum Gasteiger partial charge on any atom is 0.164 e. The van der Waals surface area contributed by atoms with E-state index in [4.69, 9.17) is 29.0 Å². The maximum absolute atomic E-state index is 9.25. The summed E-state index contributed by atoms with van der Waals surface area (Å²) in [5, 5.41) is -0.365. The van der Waals surface area contributed by atoms with E-state index in [2.05, 4.69) is 0 Å². The lowest BCUT2D eigenvalue weighted by molar-refractivity contribution is 0.669. The first-order valence-corrected chi connectivity index (χ1v) is 15.5. The number of nitrogens with zero attached hydrogens (tertiary/aromatic N) is 3. The fourth-order valence-electron chi connectivity index (χ4n) is 5.63. The Bertz CT molecular complexity index is 3180. The van der Waals surface area contributed by atoms with Crippen LogP contribution in [0.3, 0.4) is 0 Å². The Labute approximate surface area is 299 Å². The summed E-state index contributed by atoms with van der Waals surface area (Å²) >= 11 is 0. The molecular formula is C45H29N3O. The Balaban J connectivity index is 1.25. The number of furan rings is 1. The van der Waals surface area contributed by atoms with Gasteiger partial charge in [0.2, 0.25) is 0 Å². The van der Waals surface area contributed by atoms with E-state index in [0.717, 1.165) is 22.3 Å². The van der Waals surface area contributed by atoms with E-state index in [0.29, 0.717) is 11.1 Å². The van der Waals surface area contributed by atoms with Crippen LogP contribution in [0.2, 0.25) is 0 Å². The number of benzene rings is 7. The lowest BCUT2D eigenvalue weighted by atomic mass is 10.0. The van der Waals surface area contributed by atoms with Gasteiger partial charge in [0.1, 0.15) is 11.2 Å². The standard InChI is InChI=1S/C45H29N3O/c1-3-10-30(11-4-1)32-18-22-34(23-19-32)43-46-44(48-45(47-43)38-15-9-14-36(28-38)31-12-5-2-6-13-31)35-24-20-33(21-25-35)37-26-27-40-39-16-7-8-17-41(39)49-42(40)29-37/h1-29H/i7D,8D,16D,17D,20D,21D,24D,25D,26D,27D,29D. The molecular weight excluding hydrogens is 599 g/mol. The van der Waals surface area contributed by atoms with Crippen molar-refractivity contribution in [2.24, 2.45) is 0 Å². The van der Waals surface area contributed by atoms with Crippen molar-refractivity contribution in [1.82, 2.24) is 15.0 Å². The van der Waals surface area contributed by atoms with Crippen molar-refractivity contribution in [3.63, 3.8) is 0 Å². The van der Waals surface area contributed by atoms with E-state index in [1.807, 2.05) is 109 Å². The van der Waals surface area contributed by atoms with E-state index in [-0.39, 0.29) is 45.0 Å². The summed E-state index contributed by atoms with van der Waals surface area (Å²) < 4.78 is 103. The molecule has 0 N–H and O–H groups in total. The molecule has 9 aromatic rings. The number of para-hydroxylation sites is 1. The molecule has 9 rings (SSSR count). The molecule has 0 fully saturated rings. The predicted molar refractivity (Wildman–Crippen MR) is 200 cm³/mol. The van der Waals surface area contributed by atoms with Gasteiger partial charge in [-0.25, -0.2) is 15.0 Å². The number of hydrogen-bond donors (Lipinski definition) is 0. The molecule has 0 aliphatic rings. The Morgan fingerprint density at radius 1 is 0.367 bits per heavy atom. The summed E-state index contributed by atoms with van der Waals surface area (Å²) in [6.45, 7) is 0. The van der Waals surface area contributed by atoms with E-state index in [1.54, 1.807) is 0 Å². The normalized spacial score (nSPS) is 14.4. The zero-order valence-corrected chi connectivity index (χ0v) is 25.6. The number of hydrogen-bond acceptors (Lipinski definition) is 4. The van der Waals surface area contributed by atoms with Crippen molar-refractivity contribution in [2.75, 3.05) is 0 Å². The van der Waals surface area contributed by atoms with Gasteiger partial charge in [0.05, 0.1) is 15.1 Å². The Morgan fingerprint density at radius 2 is 0.878 bits per heavy atom. The van der Waals surface area contributed by atoms with Crippen molar-refractivity contribution < 1.29 is 19.5 Å². The molecule has 7 aromatic carbocycles. The molecule has 0 amide bonds. The average molecular weight is 639 g/mol. The predicted octanol–water partition coefficient (Wildman–Crippen LogP) is 11.8. The number of rotatable bonds is 6. The van der Waals surface area contributed by atoms with Crippen molar-refractivity contribution in [3.05, 3.63) is 176 Å². The molecule has 0 unspecified atom stereocenters. The van der Waals surface area contributed by atoms with Crippen LogP contribution in [0.25, 0.3) is 89.5 Å². The third-order valence-electron chi connectivity index (χ3n) is 8.10. The van der Waals surface area contributed by atoms with Gasteiger partial charge in [0.15, 0.2) is 17.5 Å². The van der Waals surface area contributed by atoms with Crippen LogP contribution in [0.1, 0.15) is 15.1 Å². The third kappa shape index (κ3) is 5.56. The highest BCUT2D eigenvalue weighted by molar-refractivity contribution is 6.05. The van der Waals surface area contributed by atoms with Crippen LogP contribution in [0, 0.1) is 0 Å². The van der Waals surface area contributed by atoms with Crippen LogP contribution in [-0.2, 0) is 0 Å². The van der Waals surface area contributed by atoms with Crippen LogP contribution in [-0.4, -0.2) is 15.0 Å². The van der Waals surface area contributed by atoms with Crippen LogP contribution in [0.4, 0.5) is 0 Å². The summed E-state index contributed by atoms with van der Waals surface area (Å²) in [4.78, 5) is 14.3. The summed E-state index contributed by atoms with van der Waals surface area (Å²) in [7, 11) is 0. The van der Waals surface area contributed by atoms with Gasteiger partial charge in [-0.15, -0.1) is 0 Å². The topological polar surface area (TPSA) is 51.8 Å². The minimum Gasteiger partial charge on any atom is -0.456 e. The van der Waals surface area contributed by atoms with Crippen LogP contribution in [0.5, 0.6) is 0 Å². The minimum absolute atomic E-state index is 0.148. The minimum atomic E-state index is -0.641. The van der Waals surface area contributed by atoms with Crippen molar-refractivity contribution in [1.29, 1.82) is 0 Å². The second-order valence-electron chi connectivity index (χ2n) is 11.2. The molecule has 4 heteroatoms. The van der Waals surface area contributed by atoms with Crippen LogP contribution < -0.4 is 0 Å². The smallest absolute Gasteiger partial charge is 0.164 e. The Hall–Kier alpha value is -6.65. The fraction of sp³-hybridized carbons (Fsp3) is 0. The van der Waals surface area contributed by atoms with Crippen molar-refractivity contribution in [3.8, 4) is 67.5 Å². The highest BCUT2D eigenvalue weighted by Crippen LogP contribution is 2.34. The largest absolute Gasteiger partial charge is 0.456 e. The van der Waals surface area contributed by atoms with Gasteiger partial charge in [-0.1, -0.05) is 151 Å². The zero-order valence-electron chi connectivity index (χ0n) is 36.6. The molecule has 2 aromatic heterocycles. The molecule has 0 atom stereocenters. The monoisotopic (exact) mass is 638 g/mol. The quantitative estimate of drug-likeness (QED) is 0.182. The summed E-state index contributed by atoms with van der Waals surface area (Å²) in [5.74, 6) is 0.280. The molecule has 49 heavy (non-hydrogen) atoms. The molecule has 2 heterocycles. The number of fused-ring (bicyclic) bond motifs is 3. The first-order chi connectivity index (χ1) is 28.8. The van der Waals surface area contributed by atoms with Gasteiger partial charge in [0, 0.05) is 27.5 Å². The molecule has 0 aliphatic heterocycles. The zero-order chi connectivity index (χ0) is 42.1. The maximum atomic E-state index is 9.25.